The van der Waals surface area contributed by atoms with Crippen molar-refractivity contribution >= 4 is 0 Å². The molecule has 2 nitrogen and oxygen atoms in total. The van der Waals surface area contributed by atoms with E-state index in [-0.39, 0.29) is 0 Å². The van der Waals surface area contributed by atoms with E-state index in [9.17, 15) is 0 Å². The van der Waals surface area contributed by atoms with Crippen molar-refractivity contribution < 1.29 is 0 Å². The molecule has 2 heteroatoms. The van der Waals surface area contributed by atoms with Crippen molar-refractivity contribution in [1.29, 1.82) is 0 Å². The molecule has 0 aromatic carbocycles. The van der Waals surface area contributed by atoms with Crippen LogP contribution in [0, 0.1) is 5.92 Å². The van der Waals surface area contributed by atoms with Gasteiger partial charge in [-0.15, -0.1) is 0 Å². The second-order valence-electron chi connectivity index (χ2n) is 5.80. The summed E-state index contributed by atoms with van der Waals surface area (Å²) in [5, 5.41) is 0. The van der Waals surface area contributed by atoms with Crippen LogP contribution in [0.2, 0.25) is 0 Å². The third kappa shape index (κ3) is 7.78. The van der Waals surface area contributed by atoms with Crippen LogP contribution in [0.5, 0.6) is 0 Å². The van der Waals surface area contributed by atoms with Crippen molar-refractivity contribution in [3.05, 3.63) is 41.7 Å². The summed E-state index contributed by atoms with van der Waals surface area (Å²) in [4.78, 5) is 6.78. The number of nitrogens with zero attached hydrogens (tertiary/aromatic N) is 2. The van der Waals surface area contributed by atoms with Gasteiger partial charge in [0.1, 0.15) is 0 Å². The highest BCUT2D eigenvalue weighted by Crippen LogP contribution is 2.09. The van der Waals surface area contributed by atoms with Gasteiger partial charge in [-0.05, 0) is 51.8 Å². The molecule has 0 aliphatic rings. The van der Waals surface area contributed by atoms with E-state index < -0.39 is 0 Å². The fraction of sp³-hybridized carbons (Fsp3) is 0.588. The van der Waals surface area contributed by atoms with Crippen LogP contribution in [0.15, 0.2) is 36.0 Å². The average molecular weight is 260 g/mol. The van der Waals surface area contributed by atoms with Crippen molar-refractivity contribution in [3.63, 3.8) is 0 Å². The van der Waals surface area contributed by atoms with Crippen molar-refractivity contribution in [2.75, 3.05) is 20.1 Å². The molecule has 0 saturated heterocycles. The smallest absolute Gasteiger partial charge is 0.0416 e. The fourth-order valence-corrected chi connectivity index (χ4v) is 2.22. The number of aromatic nitrogens is 1. The van der Waals surface area contributed by atoms with Crippen LogP contribution >= 0.6 is 0 Å². The second kappa shape index (κ2) is 8.87. The minimum Gasteiger partial charge on any atom is -0.306 e. The highest BCUT2D eigenvalue weighted by molar-refractivity contribution is 5.03. The lowest BCUT2D eigenvalue weighted by molar-refractivity contribution is 0.281. The van der Waals surface area contributed by atoms with Gasteiger partial charge in [0.15, 0.2) is 0 Å². The Morgan fingerprint density at radius 2 is 2.16 bits per heavy atom. The molecule has 0 N–H and O–H groups in total. The Balaban J connectivity index is 2.19. The summed E-state index contributed by atoms with van der Waals surface area (Å²) < 4.78 is 0. The van der Waals surface area contributed by atoms with Crippen molar-refractivity contribution in [2.45, 2.75) is 40.0 Å². The van der Waals surface area contributed by atoms with E-state index in [4.69, 9.17) is 0 Å². The summed E-state index contributed by atoms with van der Waals surface area (Å²) in [6.45, 7) is 8.94. The van der Waals surface area contributed by atoms with E-state index in [1.54, 1.807) is 0 Å². The highest BCUT2D eigenvalue weighted by atomic mass is 15.1. The summed E-state index contributed by atoms with van der Waals surface area (Å²) in [7, 11) is 2.21. The Hall–Kier alpha value is -1.15. The first-order valence-corrected chi connectivity index (χ1v) is 7.29. The van der Waals surface area contributed by atoms with E-state index in [1.807, 2.05) is 12.3 Å². The maximum Gasteiger partial charge on any atom is 0.0416 e. The van der Waals surface area contributed by atoms with Gasteiger partial charge in [-0.3, -0.25) is 4.98 Å². The van der Waals surface area contributed by atoms with E-state index in [0.29, 0.717) is 0 Å². The third-order valence-corrected chi connectivity index (χ3v) is 3.31. The first kappa shape index (κ1) is 15.9. The van der Waals surface area contributed by atoms with Gasteiger partial charge in [-0.2, -0.15) is 0 Å². The van der Waals surface area contributed by atoms with Gasteiger partial charge in [-0.1, -0.05) is 24.6 Å². The Morgan fingerprint density at radius 3 is 2.79 bits per heavy atom. The van der Waals surface area contributed by atoms with Crippen LogP contribution < -0.4 is 0 Å². The van der Waals surface area contributed by atoms with Crippen LogP contribution in [0.3, 0.4) is 0 Å². The van der Waals surface area contributed by atoms with Crippen LogP contribution in [0.4, 0.5) is 0 Å². The summed E-state index contributed by atoms with van der Waals surface area (Å²) in [5.41, 5.74) is 2.61. The summed E-state index contributed by atoms with van der Waals surface area (Å²) in [6, 6.07) is 6.13. The zero-order valence-corrected chi connectivity index (χ0v) is 12.9. The van der Waals surface area contributed by atoms with Gasteiger partial charge in [0.25, 0.3) is 0 Å². The number of likely N-dealkylation sites (N-methyl/N-ethyl adjacent to an activating group) is 1. The maximum absolute atomic E-state index is 4.36. The molecule has 0 aliphatic carbocycles. The Bertz CT molecular complexity index is 366. The average Bonchev–Trinajstić information content (AvgIpc) is 2.37. The van der Waals surface area contributed by atoms with Gasteiger partial charge in [0.05, 0.1) is 0 Å². The predicted octanol–water partition coefficient (Wildman–Crippen LogP) is 3.94. The number of allylic oxidation sites excluding steroid dienone is 2. The van der Waals surface area contributed by atoms with Crippen molar-refractivity contribution in [1.82, 2.24) is 9.88 Å². The molecular weight excluding hydrogens is 232 g/mol. The second-order valence-corrected chi connectivity index (χ2v) is 5.80. The molecule has 1 atom stereocenters. The van der Waals surface area contributed by atoms with Gasteiger partial charge >= 0.3 is 0 Å². The van der Waals surface area contributed by atoms with Gasteiger partial charge in [0, 0.05) is 31.4 Å². The van der Waals surface area contributed by atoms with Gasteiger partial charge in [-0.25, -0.2) is 0 Å². The normalized spacial score (nSPS) is 12.5. The molecule has 1 aromatic heterocycles. The topological polar surface area (TPSA) is 16.1 Å². The Kier molecular flexibility index (Phi) is 7.42. The molecular formula is C17H28N2. The van der Waals surface area contributed by atoms with Crippen LogP contribution in [0.1, 0.15) is 39.3 Å². The molecule has 0 spiro atoms. The van der Waals surface area contributed by atoms with E-state index in [0.717, 1.165) is 18.9 Å². The molecule has 0 amide bonds. The van der Waals surface area contributed by atoms with Crippen LogP contribution in [-0.4, -0.2) is 30.0 Å². The maximum atomic E-state index is 4.36. The number of hydrogen-bond acceptors (Lipinski definition) is 2. The fourth-order valence-electron chi connectivity index (χ4n) is 2.22. The lowest BCUT2D eigenvalue weighted by atomic mass is 10.0. The monoisotopic (exact) mass is 260 g/mol. The minimum atomic E-state index is 0.754. The molecule has 19 heavy (non-hydrogen) atoms. The number of hydrogen-bond donors (Lipinski definition) is 0. The van der Waals surface area contributed by atoms with Crippen LogP contribution in [0.25, 0.3) is 0 Å². The largest absolute Gasteiger partial charge is 0.306 e. The quantitative estimate of drug-likeness (QED) is 0.658. The van der Waals surface area contributed by atoms with Crippen molar-refractivity contribution in [3.8, 4) is 0 Å². The lowest BCUT2D eigenvalue weighted by Crippen LogP contribution is -2.26. The molecule has 0 unspecified atom stereocenters. The first-order valence-electron chi connectivity index (χ1n) is 7.29. The zero-order valence-electron chi connectivity index (χ0n) is 12.9. The third-order valence-electron chi connectivity index (χ3n) is 3.31. The Labute approximate surface area is 118 Å². The van der Waals surface area contributed by atoms with Gasteiger partial charge in [0.2, 0.25) is 0 Å². The molecule has 0 bridgehead atoms. The predicted molar refractivity (Wildman–Crippen MR) is 83.3 cm³/mol. The highest BCUT2D eigenvalue weighted by Gasteiger charge is 2.06. The molecule has 0 aliphatic heterocycles. The molecule has 0 saturated carbocycles. The SMILES string of the molecule is CC(C)=CCC[C@H](C)CN(C)CCc1ccccn1. The Morgan fingerprint density at radius 1 is 1.37 bits per heavy atom. The standard InChI is InChI=1S/C17H28N2/c1-15(2)8-7-9-16(3)14-19(4)13-11-17-10-5-6-12-18-17/h5-6,8,10,12,16H,7,9,11,13-14H2,1-4H3/t16-/m0/s1. The first-order chi connectivity index (χ1) is 9.08. The van der Waals surface area contributed by atoms with E-state index in [1.165, 1.54) is 30.7 Å². The van der Waals surface area contributed by atoms with E-state index in [2.05, 4.69) is 55.9 Å². The summed E-state index contributed by atoms with van der Waals surface area (Å²) in [5.74, 6) is 0.754. The molecule has 0 fully saturated rings. The van der Waals surface area contributed by atoms with E-state index >= 15 is 0 Å². The number of rotatable bonds is 8. The molecule has 0 radical (unpaired) electrons. The zero-order chi connectivity index (χ0) is 14.1. The summed E-state index contributed by atoms with van der Waals surface area (Å²) >= 11 is 0. The summed E-state index contributed by atoms with van der Waals surface area (Å²) in [6.07, 6.45) is 7.73. The van der Waals surface area contributed by atoms with Crippen LogP contribution in [-0.2, 0) is 6.42 Å². The number of pyridine rings is 1. The molecule has 106 valence electrons. The van der Waals surface area contributed by atoms with Crippen molar-refractivity contribution in [2.24, 2.45) is 5.92 Å². The molecule has 1 aromatic rings. The molecule has 1 rings (SSSR count). The lowest BCUT2D eigenvalue weighted by Gasteiger charge is -2.20. The van der Waals surface area contributed by atoms with Gasteiger partial charge < -0.3 is 4.90 Å². The molecule has 1 heterocycles. The minimum absolute atomic E-state index is 0.754.